The standard InChI is InChI=1S/C19H21NOS.C14H21NO2/c1-22-18-9-7-16(8-10-18)19(21)17-11-12-20(14-17)13-15-5-3-2-4-6-15;1-4-5-11-15-13(16)14(2,3)17-12-9-7-6-8-10-12/h2-10,17H,11-14H2,1H3;6-10H,4-5,11H2,1-3H3,(H,15,16). The zero-order valence-electron chi connectivity index (χ0n) is 23.7. The highest BCUT2D eigenvalue weighted by Crippen LogP contribution is 2.24. The number of hydrogen-bond donors (Lipinski definition) is 1. The molecule has 1 aliphatic rings. The van der Waals surface area contributed by atoms with Crippen molar-refractivity contribution < 1.29 is 14.3 Å². The highest BCUT2D eigenvalue weighted by molar-refractivity contribution is 7.98. The number of nitrogens with one attached hydrogen (secondary N) is 1. The van der Waals surface area contributed by atoms with Crippen molar-refractivity contribution in [2.75, 3.05) is 25.9 Å². The smallest absolute Gasteiger partial charge is 0.263 e. The predicted octanol–water partition coefficient (Wildman–Crippen LogP) is 6.87. The van der Waals surface area contributed by atoms with E-state index in [4.69, 9.17) is 4.74 Å². The van der Waals surface area contributed by atoms with Crippen LogP contribution in [-0.2, 0) is 11.3 Å². The Balaban J connectivity index is 0.000000224. The second-order valence-corrected chi connectivity index (χ2v) is 11.2. The van der Waals surface area contributed by atoms with Gasteiger partial charge in [-0.3, -0.25) is 14.5 Å². The normalized spacial score (nSPS) is 15.2. The lowest BCUT2D eigenvalue weighted by Crippen LogP contribution is -2.46. The van der Waals surface area contributed by atoms with E-state index in [0.29, 0.717) is 18.1 Å². The van der Waals surface area contributed by atoms with Crippen LogP contribution in [0.5, 0.6) is 5.75 Å². The highest BCUT2D eigenvalue weighted by atomic mass is 32.2. The molecule has 208 valence electrons. The fraction of sp³-hybridized carbons (Fsp3) is 0.394. The third-order valence-corrected chi connectivity index (χ3v) is 7.49. The van der Waals surface area contributed by atoms with Gasteiger partial charge in [-0.25, -0.2) is 0 Å². The van der Waals surface area contributed by atoms with Crippen LogP contribution in [0.3, 0.4) is 0 Å². The van der Waals surface area contributed by atoms with E-state index < -0.39 is 5.60 Å². The van der Waals surface area contributed by atoms with Gasteiger partial charge in [-0.15, -0.1) is 11.8 Å². The topological polar surface area (TPSA) is 58.6 Å². The lowest BCUT2D eigenvalue weighted by molar-refractivity contribution is -0.134. The first kappa shape index (κ1) is 30.5. The molecular formula is C33H42N2O3S. The molecule has 0 radical (unpaired) electrons. The number of carbonyl (C=O) groups excluding carboxylic acids is 2. The number of ether oxygens (including phenoxy) is 1. The van der Waals surface area contributed by atoms with Gasteiger partial charge in [0, 0.05) is 36.0 Å². The van der Waals surface area contributed by atoms with Crippen molar-refractivity contribution in [3.8, 4) is 5.75 Å². The SMILES string of the molecule is CCCCNC(=O)C(C)(C)Oc1ccccc1.CSc1ccc(C(=O)C2CCN(Cc3ccccc3)C2)cc1. The summed E-state index contributed by atoms with van der Waals surface area (Å²) in [7, 11) is 0. The minimum Gasteiger partial charge on any atom is -0.478 e. The minimum atomic E-state index is -0.838. The molecule has 1 amide bonds. The first-order valence-corrected chi connectivity index (χ1v) is 15.0. The van der Waals surface area contributed by atoms with E-state index in [1.54, 1.807) is 25.6 Å². The van der Waals surface area contributed by atoms with Gasteiger partial charge in [-0.1, -0.05) is 74.0 Å². The second-order valence-electron chi connectivity index (χ2n) is 10.3. The molecule has 6 heteroatoms. The van der Waals surface area contributed by atoms with Gasteiger partial charge in [0.25, 0.3) is 5.91 Å². The van der Waals surface area contributed by atoms with Crippen LogP contribution in [0.15, 0.2) is 89.8 Å². The molecule has 3 aromatic rings. The van der Waals surface area contributed by atoms with Gasteiger partial charge in [-0.05, 0) is 69.3 Å². The Labute approximate surface area is 238 Å². The monoisotopic (exact) mass is 546 g/mol. The number of nitrogens with zero attached hydrogens (tertiary/aromatic N) is 1. The molecule has 5 nitrogen and oxygen atoms in total. The van der Waals surface area contributed by atoms with Crippen LogP contribution in [0.25, 0.3) is 0 Å². The summed E-state index contributed by atoms with van der Waals surface area (Å²) >= 11 is 1.70. The van der Waals surface area contributed by atoms with E-state index in [1.165, 1.54) is 10.5 Å². The van der Waals surface area contributed by atoms with Gasteiger partial charge in [0.1, 0.15) is 5.75 Å². The number of ketones is 1. The number of benzene rings is 3. The number of carbonyl (C=O) groups is 2. The van der Waals surface area contributed by atoms with Crippen molar-refractivity contribution in [2.45, 2.75) is 57.1 Å². The average Bonchev–Trinajstić information content (AvgIpc) is 3.42. The maximum absolute atomic E-state index is 12.6. The van der Waals surface area contributed by atoms with Crippen molar-refractivity contribution in [1.29, 1.82) is 0 Å². The van der Waals surface area contributed by atoms with E-state index in [2.05, 4.69) is 47.7 Å². The van der Waals surface area contributed by atoms with Crippen molar-refractivity contribution >= 4 is 23.5 Å². The quantitative estimate of drug-likeness (QED) is 0.162. The summed E-state index contributed by atoms with van der Waals surface area (Å²) in [4.78, 5) is 28.1. The van der Waals surface area contributed by atoms with E-state index >= 15 is 0 Å². The van der Waals surface area contributed by atoms with Crippen LogP contribution < -0.4 is 10.1 Å². The fourth-order valence-electron chi connectivity index (χ4n) is 4.44. The Morgan fingerprint density at radius 2 is 1.62 bits per heavy atom. The molecule has 1 aliphatic heterocycles. The lowest BCUT2D eigenvalue weighted by atomic mass is 9.97. The number of para-hydroxylation sites is 1. The van der Waals surface area contributed by atoms with Gasteiger partial charge in [0.15, 0.2) is 11.4 Å². The molecule has 1 atom stereocenters. The van der Waals surface area contributed by atoms with Crippen LogP contribution in [0, 0.1) is 5.92 Å². The fourth-order valence-corrected chi connectivity index (χ4v) is 4.85. The number of thioether (sulfide) groups is 1. The van der Waals surface area contributed by atoms with Crippen molar-refractivity contribution in [3.63, 3.8) is 0 Å². The van der Waals surface area contributed by atoms with Crippen LogP contribution in [0.2, 0.25) is 0 Å². The predicted molar refractivity (Wildman–Crippen MR) is 161 cm³/mol. The molecule has 1 saturated heterocycles. The first-order valence-electron chi connectivity index (χ1n) is 13.8. The Hall–Kier alpha value is -3.09. The molecule has 0 aromatic heterocycles. The van der Waals surface area contributed by atoms with Crippen LogP contribution in [0.4, 0.5) is 0 Å². The molecule has 4 rings (SSSR count). The van der Waals surface area contributed by atoms with E-state index in [0.717, 1.165) is 44.5 Å². The van der Waals surface area contributed by atoms with Crippen molar-refractivity contribution in [2.24, 2.45) is 5.92 Å². The molecule has 0 saturated carbocycles. The largest absolute Gasteiger partial charge is 0.478 e. The van der Waals surface area contributed by atoms with E-state index in [-0.39, 0.29) is 11.8 Å². The number of unbranched alkanes of at least 4 members (excludes halogenated alkanes) is 1. The Kier molecular flexibility index (Phi) is 12.1. The third kappa shape index (κ3) is 9.86. The van der Waals surface area contributed by atoms with Gasteiger partial charge < -0.3 is 10.1 Å². The lowest BCUT2D eigenvalue weighted by Gasteiger charge is -2.25. The number of rotatable bonds is 11. The summed E-state index contributed by atoms with van der Waals surface area (Å²) in [6.45, 7) is 9.18. The molecule has 39 heavy (non-hydrogen) atoms. The number of amides is 1. The summed E-state index contributed by atoms with van der Waals surface area (Å²) in [5.41, 5.74) is 1.33. The number of hydrogen-bond acceptors (Lipinski definition) is 5. The molecule has 1 N–H and O–H groups in total. The van der Waals surface area contributed by atoms with E-state index in [9.17, 15) is 9.59 Å². The van der Waals surface area contributed by atoms with Crippen molar-refractivity contribution in [3.05, 3.63) is 96.1 Å². The molecule has 1 fully saturated rings. The summed E-state index contributed by atoms with van der Waals surface area (Å²) in [6.07, 6.45) is 5.08. The summed E-state index contributed by atoms with van der Waals surface area (Å²) in [5, 5.41) is 2.88. The molecule has 0 aliphatic carbocycles. The second kappa shape index (κ2) is 15.5. The molecular weight excluding hydrogens is 504 g/mol. The first-order chi connectivity index (χ1) is 18.8. The van der Waals surface area contributed by atoms with E-state index in [1.807, 2.05) is 60.7 Å². The molecule has 1 unspecified atom stereocenters. The zero-order valence-corrected chi connectivity index (χ0v) is 24.5. The molecule has 0 bridgehead atoms. The zero-order chi connectivity index (χ0) is 28.1. The minimum absolute atomic E-state index is 0.0743. The van der Waals surface area contributed by atoms with Crippen molar-refractivity contribution in [1.82, 2.24) is 10.2 Å². The van der Waals surface area contributed by atoms with Crippen LogP contribution >= 0.6 is 11.8 Å². The maximum atomic E-state index is 12.6. The number of likely N-dealkylation sites (tertiary alicyclic amines) is 1. The molecule has 3 aromatic carbocycles. The Morgan fingerprint density at radius 1 is 0.974 bits per heavy atom. The summed E-state index contributed by atoms with van der Waals surface area (Å²) in [5.74, 6) is 1.07. The van der Waals surface area contributed by atoms with Gasteiger partial charge in [0.05, 0.1) is 0 Å². The van der Waals surface area contributed by atoms with Crippen LogP contribution in [0.1, 0.15) is 56.0 Å². The average molecular weight is 547 g/mol. The Morgan fingerprint density at radius 3 is 2.23 bits per heavy atom. The van der Waals surface area contributed by atoms with Gasteiger partial charge in [-0.2, -0.15) is 0 Å². The van der Waals surface area contributed by atoms with Gasteiger partial charge in [0.2, 0.25) is 0 Å². The molecule has 1 heterocycles. The summed E-state index contributed by atoms with van der Waals surface area (Å²) in [6, 6.07) is 27.9. The van der Waals surface area contributed by atoms with Gasteiger partial charge >= 0.3 is 0 Å². The summed E-state index contributed by atoms with van der Waals surface area (Å²) < 4.78 is 5.68. The Bertz CT molecular complexity index is 1150. The van der Waals surface area contributed by atoms with Crippen LogP contribution in [-0.4, -0.2) is 48.1 Å². The number of Topliss-reactive ketones (excluding diaryl/α,β-unsaturated/α-hetero) is 1. The highest BCUT2D eigenvalue weighted by Gasteiger charge is 2.30. The third-order valence-electron chi connectivity index (χ3n) is 6.75. The maximum Gasteiger partial charge on any atom is 0.263 e. The molecule has 0 spiro atoms.